The molecule has 0 radical (unpaired) electrons. The molecule has 122 valence electrons. The lowest BCUT2D eigenvalue weighted by Crippen LogP contribution is -2.51. The van der Waals surface area contributed by atoms with Gasteiger partial charge in [0.05, 0.1) is 12.6 Å². The minimum absolute atomic E-state index is 0.0411. The van der Waals surface area contributed by atoms with E-state index in [9.17, 15) is 9.90 Å². The molecule has 1 aromatic rings. The fourth-order valence-electron chi connectivity index (χ4n) is 2.66. The van der Waals surface area contributed by atoms with Crippen LogP contribution in [0.4, 0.5) is 4.79 Å². The summed E-state index contributed by atoms with van der Waals surface area (Å²) in [5, 5.41) is 10.6. The largest absolute Gasteiger partial charge is 0.444 e. The number of aliphatic hydroxyl groups excluding tert-OH is 1. The summed E-state index contributed by atoms with van der Waals surface area (Å²) in [6, 6.07) is 7.69. The SMILES string of the molecule is CC(C)(C)OC(=O)N1C[C@@H](O)CC[C@@H]1Cc1ccc(Cl)cc1. The maximum Gasteiger partial charge on any atom is 0.410 e. The summed E-state index contributed by atoms with van der Waals surface area (Å²) in [5.41, 5.74) is 0.587. The Hall–Kier alpha value is -1.26. The number of ether oxygens (including phenoxy) is 1. The molecule has 22 heavy (non-hydrogen) atoms. The second-order valence-electron chi connectivity index (χ2n) is 6.85. The van der Waals surface area contributed by atoms with E-state index in [1.54, 1.807) is 4.90 Å². The van der Waals surface area contributed by atoms with Gasteiger partial charge in [0, 0.05) is 11.1 Å². The van der Waals surface area contributed by atoms with E-state index in [0.717, 1.165) is 18.4 Å². The average Bonchev–Trinajstić information content (AvgIpc) is 2.41. The third-order valence-electron chi connectivity index (χ3n) is 3.69. The molecule has 0 spiro atoms. The molecule has 0 bridgehead atoms. The first-order valence-electron chi connectivity index (χ1n) is 7.67. The molecule has 1 saturated heterocycles. The summed E-state index contributed by atoms with van der Waals surface area (Å²) in [6.07, 6.45) is 1.38. The molecule has 1 aliphatic rings. The molecule has 1 fully saturated rings. The second kappa shape index (κ2) is 6.88. The number of hydrogen-bond acceptors (Lipinski definition) is 3. The van der Waals surface area contributed by atoms with Crippen molar-refractivity contribution in [2.75, 3.05) is 6.54 Å². The number of aliphatic hydroxyl groups is 1. The molecular weight excluding hydrogens is 302 g/mol. The highest BCUT2D eigenvalue weighted by Gasteiger charge is 2.33. The van der Waals surface area contributed by atoms with Gasteiger partial charge < -0.3 is 14.7 Å². The number of nitrogens with zero attached hydrogens (tertiary/aromatic N) is 1. The minimum atomic E-state index is -0.537. The van der Waals surface area contributed by atoms with Crippen LogP contribution in [0.1, 0.15) is 39.2 Å². The Morgan fingerprint density at radius 1 is 1.32 bits per heavy atom. The topological polar surface area (TPSA) is 49.8 Å². The van der Waals surface area contributed by atoms with E-state index >= 15 is 0 Å². The maximum absolute atomic E-state index is 12.4. The summed E-state index contributed by atoms with van der Waals surface area (Å²) in [7, 11) is 0. The van der Waals surface area contributed by atoms with Crippen LogP contribution in [-0.2, 0) is 11.2 Å². The van der Waals surface area contributed by atoms with Crippen LogP contribution in [-0.4, -0.2) is 40.4 Å². The Kier molecular flexibility index (Phi) is 5.35. The fraction of sp³-hybridized carbons (Fsp3) is 0.588. The monoisotopic (exact) mass is 325 g/mol. The lowest BCUT2D eigenvalue weighted by atomic mass is 9.95. The molecule has 1 aromatic carbocycles. The molecule has 5 heteroatoms. The van der Waals surface area contributed by atoms with Crippen molar-refractivity contribution in [3.05, 3.63) is 34.9 Å². The molecular formula is C17H24ClNO3. The minimum Gasteiger partial charge on any atom is -0.444 e. The van der Waals surface area contributed by atoms with Gasteiger partial charge in [0.25, 0.3) is 0 Å². The summed E-state index contributed by atoms with van der Waals surface area (Å²) in [5.74, 6) is 0. The summed E-state index contributed by atoms with van der Waals surface area (Å²) < 4.78 is 5.47. The Labute approximate surface area is 137 Å². The number of piperidine rings is 1. The third kappa shape index (κ3) is 4.89. The number of carbonyl (C=O) groups is 1. The van der Waals surface area contributed by atoms with Gasteiger partial charge in [0.15, 0.2) is 0 Å². The first kappa shape index (κ1) is 17.1. The van der Waals surface area contributed by atoms with Crippen LogP contribution in [0.15, 0.2) is 24.3 Å². The molecule has 2 rings (SSSR count). The van der Waals surface area contributed by atoms with Crippen LogP contribution in [0.5, 0.6) is 0 Å². The number of carbonyl (C=O) groups excluding carboxylic acids is 1. The van der Waals surface area contributed by atoms with Gasteiger partial charge in [0.1, 0.15) is 5.60 Å². The molecule has 4 nitrogen and oxygen atoms in total. The molecule has 0 aromatic heterocycles. The molecule has 2 atom stereocenters. The lowest BCUT2D eigenvalue weighted by molar-refractivity contribution is -0.0127. The number of likely N-dealkylation sites (tertiary alicyclic amines) is 1. The number of amides is 1. The molecule has 1 amide bonds. The first-order chi connectivity index (χ1) is 10.2. The zero-order valence-electron chi connectivity index (χ0n) is 13.4. The van der Waals surface area contributed by atoms with Crippen LogP contribution < -0.4 is 0 Å². The normalized spacial score (nSPS) is 22.5. The Morgan fingerprint density at radius 3 is 2.55 bits per heavy atom. The van der Waals surface area contributed by atoms with Gasteiger partial charge in [-0.1, -0.05) is 23.7 Å². The van der Waals surface area contributed by atoms with E-state index in [4.69, 9.17) is 16.3 Å². The van der Waals surface area contributed by atoms with Crippen molar-refractivity contribution < 1.29 is 14.6 Å². The quantitative estimate of drug-likeness (QED) is 0.903. The van der Waals surface area contributed by atoms with Crippen LogP contribution >= 0.6 is 11.6 Å². The molecule has 0 saturated carbocycles. The number of hydrogen-bond donors (Lipinski definition) is 1. The first-order valence-corrected chi connectivity index (χ1v) is 8.04. The van der Waals surface area contributed by atoms with Gasteiger partial charge >= 0.3 is 6.09 Å². The van der Waals surface area contributed by atoms with Crippen molar-refractivity contribution in [1.82, 2.24) is 4.90 Å². The Balaban J connectivity index is 2.09. The van der Waals surface area contributed by atoms with Crippen molar-refractivity contribution in [2.45, 2.75) is 57.8 Å². The zero-order chi connectivity index (χ0) is 16.3. The van der Waals surface area contributed by atoms with E-state index < -0.39 is 11.7 Å². The smallest absolute Gasteiger partial charge is 0.410 e. The number of benzene rings is 1. The van der Waals surface area contributed by atoms with Crippen molar-refractivity contribution in [3.8, 4) is 0 Å². The zero-order valence-corrected chi connectivity index (χ0v) is 14.1. The van der Waals surface area contributed by atoms with Gasteiger partial charge in [-0.2, -0.15) is 0 Å². The maximum atomic E-state index is 12.4. The van der Waals surface area contributed by atoms with Gasteiger partial charge in [-0.05, 0) is 57.7 Å². The van der Waals surface area contributed by atoms with Gasteiger partial charge in [-0.15, -0.1) is 0 Å². The Morgan fingerprint density at radius 2 is 1.95 bits per heavy atom. The number of β-amino-alcohol motifs (C(OH)–C–C–N with tert-alkyl or cyclic N) is 1. The Bertz CT molecular complexity index is 510. The van der Waals surface area contributed by atoms with Gasteiger partial charge in [0.2, 0.25) is 0 Å². The molecule has 0 aliphatic carbocycles. The molecule has 0 unspecified atom stereocenters. The fourth-order valence-corrected chi connectivity index (χ4v) is 2.78. The van der Waals surface area contributed by atoms with E-state index in [2.05, 4.69) is 0 Å². The second-order valence-corrected chi connectivity index (χ2v) is 7.28. The van der Waals surface area contributed by atoms with Crippen molar-refractivity contribution in [3.63, 3.8) is 0 Å². The number of halogens is 1. The van der Waals surface area contributed by atoms with Crippen LogP contribution in [0, 0.1) is 0 Å². The lowest BCUT2D eigenvalue weighted by Gasteiger charge is -2.38. The van der Waals surface area contributed by atoms with Crippen molar-refractivity contribution in [1.29, 1.82) is 0 Å². The number of rotatable bonds is 2. The van der Waals surface area contributed by atoms with E-state index in [0.29, 0.717) is 18.0 Å². The van der Waals surface area contributed by atoms with Gasteiger partial charge in [-0.25, -0.2) is 4.79 Å². The third-order valence-corrected chi connectivity index (χ3v) is 3.95. The van der Waals surface area contributed by atoms with Crippen LogP contribution in [0.3, 0.4) is 0 Å². The van der Waals surface area contributed by atoms with Crippen LogP contribution in [0.25, 0.3) is 0 Å². The summed E-state index contributed by atoms with van der Waals surface area (Å²) in [6.45, 7) is 5.87. The van der Waals surface area contributed by atoms with Crippen molar-refractivity contribution in [2.24, 2.45) is 0 Å². The van der Waals surface area contributed by atoms with E-state index in [1.165, 1.54) is 0 Å². The predicted molar refractivity (Wildman–Crippen MR) is 87.1 cm³/mol. The molecule has 1 heterocycles. The average molecular weight is 326 g/mol. The van der Waals surface area contributed by atoms with E-state index in [1.807, 2.05) is 45.0 Å². The van der Waals surface area contributed by atoms with E-state index in [-0.39, 0.29) is 12.1 Å². The highest BCUT2D eigenvalue weighted by atomic mass is 35.5. The van der Waals surface area contributed by atoms with Gasteiger partial charge in [-0.3, -0.25) is 0 Å². The molecule has 1 N–H and O–H groups in total. The standard InChI is InChI=1S/C17H24ClNO3/c1-17(2,3)22-16(21)19-11-15(20)9-8-14(19)10-12-4-6-13(18)7-5-12/h4-7,14-15,20H,8-11H2,1-3H3/t14-,15+/m1/s1. The summed E-state index contributed by atoms with van der Waals surface area (Å²) in [4.78, 5) is 14.0. The highest BCUT2D eigenvalue weighted by molar-refractivity contribution is 6.30. The summed E-state index contributed by atoms with van der Waals surface area (Å²) >= 11 is 5.91. The predicted octanol–water partition coefficient (Wildman–Crippen LogP) is 3.64. The van der Waals surface area contributed by atoms with Crippen molar-refractivity contribution >= 4 is 17.7 Å². The van der Waals surface area contributed by atoms with Crippen LogP contribution in [0.2, 0.25) is 5.02 Å². The highest BCUT2D eigenvalue weighted by Crippen LogP contribution is 2.24. The molecule has 1 aliphatic heterocycles.